The Kier molecular flexibility index (Phi) is 2.81. The standard InChI is InChI=1S/C15H24O5/c1-8-4-5-11-9(2)12(16)17-13-15(11)10(8)6-7-14(3,18-13)19-20-15/h8-13,16H,4-7H2,1-3H3/t8-,9-,10+,11?,12+,13-,14?,15-/m0/s1. The maximum absolute atomic E-state index is 10.2. The normalized spacial score (nSPS) is 61.8. The average Bonchev–Trinajstić information content (AvgIpc) is 2.63. The molecule has 1 saturated carbocycles. The maximum Gasteiger partial charge on any atom is 0.201 e. The summed E-state index contributed by atoms with van der Waals surface area (Å²) >= 11 is 0. The minimum Gasteiger partial charge on any atom is -0.368 e. The molecule has 5 fully saturated rings. The molecule has 0 radical (unpaired) electrons. The molecule has 0 aromatic heterocycles. The van der Waals surface area contributed by atoms with Gasteiger partial charge in [0.25, 0.3) is 0 Å². The highest BCUT2D eigenvalue weighted by Crippen LogP contribution is 2.60. The molecule has 5 heteroatoms. The molecule has 0 aromatic carbocycles. The number of rotatable bonds is 0. The molecule has 5 aliphatic rings. The lowest BCUT2D eigenvalue weighted by molar-refractivity contribution is -0.576. The van der Waals surface area contributed by atoms with Crippen LogP contribution in [0, 0.1) is 23.7 Å². The summed E-state index contributed by atoms with van der Waals surface area (Å²) in [5, 5.41) is 10.2. The van der Waals surface area contributed by atoms with Gasteiger partial charge in [-0.1, -0.05) is 13.8 Å². The van der Waals surface area contributed by atoms with Crippen molar-refractivity contribution in [3.05, 3.63) is 0 Å². The molecular formula is C15H24O5. The first kappa shape index (κ1) is 13.5. The monoisotopic (exact) mass is 284 g/mol. The number of aliphatic hydroxyl groups excluding tert-OH is 1. The van der Waals surface area contributed by atoms with Crippen molar-refractivity contribution in [1.82, 2.24) is 0 Å². The molecule has 2 bridgehead atoms. The third-order valence-electron chi connectivity index (χ3n) is 6.12. The predicted molar refractivity (Wildman–Crippen MR) is 69.0 cm³/mol. The van der Waals surface area contributed by atoms with Crippen molar-refractivity contribution in [1.29, 1.82) is 0 Å². The first-order valence-corrected chi connectivity index (χ1v) is 7.84. The van der Waals surface area contributed by atoms with Gasteiger partial charge in [-0.3, -0.25) is 0 Å². The molecule has 2 unspecified atom stereocenters. The van der Waals surface area contributed by atoms with E-state index in [0.29, 0.717) is 11.8 Å². The van der Waals surface area contributed by atoms with E-state index in [9.17, 15) is 5.11 Å². The number of hydrogen-bond donors (Lipinski definition) is 1. The Morgan fingerprint density at radius 2 is 1.85 bits per heavy atom. The number of ether oxygens (including phenoxy) is 2. The minimum atomic E-state index is -0.781. The van der Waals surface area contributed by atoms with E-state index in [-0.39, 0.29) is 11.8 Å². The lowest BCUT2D eigenvalue weighted by atomic mass is 9.58. The summed E-state index contributed by atoms with van der Waals surface area (Å²) in [6.45, 7) is 6.22. The zero-order valence-electron chi connectivity index (χ0n) is 12.4. The van der Waals surface area contributed by atoms with E-state index in [2.05, 4.69) is 6.92 Å². The lowest BCUT2D eigenvalue weighted by Gasteiger charge is -2.59. The summed E-state index contributed by atoms with van der Waals surface area (Å²) in [4.78, 5) is 11.6. The van der Waals surface area contributed by atoms with Gasteiger partial charge >= 0.3 is 0 Å². The van der Waals surface area contributed by atoms with Gasteiger partial charge in [-0.15, -0.1) is 0 Å². The molecule has 4 heterocycles. The van der Waals surface area contributed by atoms with Crippen LogP contribution in [0.5, 0.6) is 0 Å². The largest absolute Gasteiger partial charge is 0.368 e. The first-order valence-electron chi connectivity index (χ1n) is 7.84. The summed E-state index contributed by atoms with van der Waals surface area (Å²) in [6.07, 6.45) is 2.72. The topological polar surface area (TPSA) is 57.2 Å². The Bertz CT molecular complexity index is 411. The summed E-state index contributed by atoms with van der Waals surface area (Å²) < 4.78 is 11.9. The van der Waals surface area contributed by atoms with Crippen molar-refractivity contribution in [3.63, 3.8) is 0 Å². The van der Waals surface area contributed by atoms with Crippen LogP contribution in [0.1, 0.15) is 46.5 Å². The van der Waals surface area contributed by atoms with Gasteiger partial charge < -0.3 is 14.6 Å². The van der Waals surface area contributed by atoms with E-state index < -0.39 is 24.0 Å². The van der Waals surface area contributed by atoms with E-state index in [1.165, 1.54) is 6.42 Å². The molecule has 4 saturated heterocycles. The van der Waals surface area contributed by atoms with Crippen molar-refractivity contribution in [2.75, 3.05) is 0 Å². The first-order chi connectivity index (χ1) is 9.46. The summed E-state index contributed by atoms with van der Waals surface area (Å²) in [5.41, 5.74) is -0.549. The van der Waals surface area contributed by atoms with Gasteiger partial charge in [0.05, 0.1) is 0 Å². The molecule has 20 heavy (non-hydrogen) atoms. The van der Waals surface area contributed by atoms with Gasteiger partial charge in [-0.25, -0.2) is 9.78 Å². The van der Waals surface area contributed by atoms with Gasteiger partial charge in [-0.05, 0) is 38.0 Å². The van der Waals surface area contributed by atoms with Crippen LogP contribution in [0.25, 0.3) is 0 Å². The van der Waals surface area contributed by atoms with Crippen LogP contribution in [-0.2, 0) is 19.2 Å². The highest BCUT2D eigenvalue weighted by molar-refractivity contribution is 5.08. The molecule has 1 N–H and O–H groups in total. The van der Waals surface area contributed by atoms with Crippen molar-refractivity contribution < 1.29 is 24.4 Å². The molecule has 8 atom stereocenters. The molecule has 5 nitrogen and oxygen atoms in total. The maximum atomic E-state index is 10.2. The Labute approximate surface area is 119 Å². The number of aliphatic hydroxyl groups is 1. The van der Waals surface area contributed by atoms with Crippen LogP contribution in [0.15, 0.2) is 0 Å². The van der Waals surface area contributed by atoms with E-state index in [4.69, 9.17) is 19.2 Å². The Hall–Kier alpha value is -0.200. The molecule has 114 valence electrons. The average molecular weight is 284 g/mol. The molecule has 5 rings (SSSR count). The van der Waals surface area contributed by atoms with E-state index in [1.54, 1.807) is 0 Å². The van der Waals surface area contributed by atoms with Crippen LogP contribution < -0.4 is 0 Å². The molecule has 1 spiro atoms. The van der Waals surface area contributed by atoms with Crippen LogP contribution in [0.2, 0.25) is 0 Å². The highest BCUT2D eigenvalue weighted by Gasteiger charge is 2.69. The Morgan fingerprint density at radius 1 is 1.05 bits per heavy atom. The smallest absolute Gasteiger partial charge is 0.201 e. The summed E-state index contributed by atoms with van der Waals surface area (Å²) in [7, 11) is 0. The minimum absolute atomic E-state index is 0.0379. The fraction of sp³-hybridized carbons (Fsp3) is 1.00. The van der Waals surface area contributed by atoms with E-state index in [1.807, 2.05) is 13.8 Å². The van der Waals surface area contributed by atoms with E-state index in [0.717, 1.165) is 19.3 Å². The second-order valence-corrected chi connectivity index (χ2v) is 7.30. The van der Waals surface area contributed by atoms with Gasteiger partial charge in [0.2, 0.25) is 5.79 Å². The Balaban J connectivity index is 1.82. The van der Waals surface area contributed by atoms with Gasteiger partial charge in [0.15, 0.2) is 18.2 Å². The van der Waals surface area contributed by atoms with Gasteiger partial charge in [0, 0.05) is 18.3 Å². The van der Waals surface area contributed by atoms with Crippen LogP contribution in [0.3, 0.4) is 0 Å². The van der Waals surface area contributed by atoms with Crippen molar-refractivity contribution in [2.45, 2.75) is 70.4 Å². The molecule has 1 aliphatic carbocycles. The molecule has 4 aliphatic heterocycles. The second kappa shape index (κ2) is 4.17. The van der Waals surface area contributed by atoms with Crippen molar-refractivity contribution in [2.24, 2.45) is 23.7 Å². The predicted octanol–water partition coefficient (Wildman–Crippen LogP) is 2.19. The SMILES string of the molecule is C[C@H]1CCC2[C@H](C)[C@H](O)O[C@H]3OC4(C)CC[C@H]1[C@]23OO4. The summed E-state index contributed by atoms with van der Waals surface area (Å²) in [6, 6.07) is 0. The van der Waals surface area contributed by atoms with Crippen molar-refractivity contribution in [3.8, 4) is 0 Å². The fourth-order valence-electron chi connectivity index (χ4n) is 4.89. The number of hydrogen-bond acceptors (Lipinski definition) is 5. The molecule has 0 amide bonds. The third kappa shape index (κ3) is 1.56. The number of fused-ring (bicyclic) bond motifs is 2. The zero-order valence-corrected chi connectivity index (χ0v) is 12.4. The van der Waals surface area contributed by atoms with E-state index >= 15 is 0 Å². The summed E-state index contributed by atoms with van der Waals surface area (Å²) in [5.74, 6) is 0.437. The molecule has 0 aromatic rings. The zero-order chi connectivity index (χ0) is 14.1. The fourth-order valence-corrected chi connectivity index (χ4v) is 4.89. The van der Waals surface area contributed by atoms with Crippen LogP contribution >= 0.6 is 0 Å². The van der Waals surface area contributed by atoms with Crippen molar-refractivity contribution >= 4 is 0 Å². The highest BCUT2D eigenvalue weighted by atomic mass is 17.3. The van der Waals surface area contributed by atoms with Gasteiger partial charge in [-0.2, -0.15) is 0 Å². The van der Waals surface area contributed by atoms with Gasteiger partial charge in [0.1, 0.15) is 0 Å². The van der Waals surface area contributed by atoms with Crippen LogP contribution in [-0.4, -0.2) is 29.1 Å². The third-order valence-corrected chi connectivity index (χ3v) is 6.12. The molecular weight excluding hydrogens is 260 g/mol. The second-order valence-electron chi connectivity index (χ2n) is 7.30. The quantitative estimate of drug-likeness (QED) is 0.691. The Morgan fingerprint density at radius 3 is 2.65 bits per heavy atom. The van der Waals surface area contributed by atoms with Crippen LogP contribution in [0.4, 0.5) is 0 Å². The lowest BCUT2D eigenvalue weighted by Crippen LogP contribution is -2.70.